The normalized spacial score (nSPS) is 12.9. The highest BCUT2D eigenvalue weighted by atomic mass is 16.3. The van der Waals surface area contributed by atoms with Crippen LogP contribution in [0.15, 0.2) is 253 Å². The third-order valence-corrected chi connectivity index (χ3v) is 14.5. The SMILES string of the molecule is c1ccc(-c2cccc3c2oc2ccc(-c4ccc(N(c5ccc(-c6cccc7ccccc67)cc5)c5cccc6c5-c5ccccc5C65c6ccccc6-c6ccccc65)cc4)cc23)cc1. The Kier molecular flexibility index (Phi) is 8.23. The Balaban J connectivity index is 0.940. The van der Waals surface area contributed by atoms with Crippen LogP contribution in [0.4, 0.5) is 17.1 Å². The molecule has 1 aromatic heterocycles. The molecule has 312 valence electrons. The maximum atomic E-state index is 6.56. The molecule has 67 heavy (non-hydrogen) atoms. The van der Waals surface area contributed by atoms with E-state index in [2.05, 4.69) is 254 Å². The smallest absolute Gasteiger partial charge is 0.143 e. The van der Waals surface area contributed by atoms with E-state index < -0.39 is 5.41 Å². The molecule has 0 bridgehead atoms. The average molecular weight is 852 g/mol. The molecule has 0 unspecified atom stereocenters. The van der Waals surface area contributed by atoms with Gasteiger partial charge in [0, 0.05) is 33.3 Å². The molecule has 1 spiro atoms. The first-order chi connectivity index (χ1) is 33.2. The highest BCUT2D eigenvalue weighted by Gasteiger charge is 2.52. The van der Waals surface area contributed by atoms with E-state index in [9.17, 15) is 0 Å². The van der Waals surface area contributed by atoms with Gasteiger partial charge in [-0.05, 0) is 120 Å². The first-order valence-electron chi connectivity index (χ1n) is 23.2. The molecule has 2 aliphatic rings. The highest BCUT2D eigenvalue weighted by molar-refractivity contribution is 6.11. The molecule has 0 aliphatic heterocycles. The number of para-hydroxylation sites is 1. The van der Waals surface area contributed by atoms with E-state index in [-0.39, 0.29) is 0 Å². The Morgan fingerprint density at radius 2 is 0.821 bits per heavy atom. The van der Waals surface area contributed by atoms with Crippen LogP contribution in [-0.2, 0) is 5.41 Å². The lowest BCUT2D eigenvalue weighted by atomic mass is 9.70. The Morgan fingerprint density at radius 3 is 1.57 bits per heavy atom. The van der Waals surface area contributed by atoms with Crippen molar-refractivity contribution in [2.75, 3.05) is 4.90 Å². The monoisotopic (exact) mass is 851 g/mol. The van der Waals surface area contributed by atoms with Crippen molar-refractivity contribution in [1.82, 2.24) is 0 Å². The van der Waals surface area contributed by atoms with Gasteiger partial charge in [-0.2, -0.15) is 0 Å². The molecule has 2 heteroatoms. The predicted molar refractivity (Wildman–Crippen MR) is 279 cm³/mol. The summed E-state index contributed by atoms with van der Waals surface area (Å²) >= 11 is 0. The highest BCUT2D eigenvalue weighted by Crippen LogP contribution is 2.64. The van der Waals surface area contributed by atoms with Crippen LogP contribution >= 0.6 is 0 Å². The lowest BCUT2D eigenvalue weighted by molar-refractivity contribution is 0.670. The number of hydrogen-bond donors (Lipinski definition) is 0. The Bertz CT molecular complexity index is 3870. The second kappa shape index (κ2) is 14.7. The Labute approximate surface area is 389 Å². The molecule has 0 amide bonds. The van der Waals surface area contributed by atoms with Crippen LogP contribution in [0.25, 0.3) is 88.3 Å². The van der Waals surface area contributed by atoms with E-state index in [0.29, 0.717) is 0 Å². The summed E-state index contributed by atoms with van der Waals surface area (Å²) in [6, 6.07) is 91.2. The molecule has 2 nitrogen and oxygen atoms in total. The quantitative estimate of drug-likeness (QED) is 0.166. The summed E-state index contributed by atoms with van der Waals surface area (Å²) in [5, 5.41) is 4.73. The van der Waals surface area contributed by atoms with Gasteiger partial charge in [-0.1, -0.05) is 206 Å². The lowest BCUT2D eigenvalue weighted by Gasteiger charge is -2.32. The van der Waals surface area contributed by atoms with Gasteiger partial charge in [0.15, 0.2) is 0 Å². The number of rotatable bonds is 6. The fourth-order valence-electron chi connectivity index (χ4n) is 11.6. The minimum absolute atomic E-state index is 0.444. The number of nitrogens with zero attached hydrogens (tertiary/aromatic N) is 1. The van der Waals surface area contributed by atoms with E-state index in [4.69, 9.17) is 4.42 Å². The topological polar surface area (TPSA) is 16.4 Å². The van der Waals surface area contributed by atoms with Crippen LogP contribution in [0.5, 0.6) is 0 Å². The predicted octanol–water partition coefficient (Wildman–Crippen LogP) is 17.6. The van der Waals surface area contributed by atoms with Gasteiger partial charge in [-0.15, -0.1) is 0 Å². The third-order valence-electron chi connectivity index (χ3n) is 14.5. The molecule has 1 heterocycles. The second-order valence-corrected chi connectivity index (χ2v) is 17.9. The van der Waals surface area contributed by atoms with Crippen molar-refractivity contribution in [1.29, 1.82) is 0 Å². The van der Waals surface area contributed by atoms with Crippen molar-refractivity contribution in [2.24, 2.45) is 0 Å². The fraction of sp³-hybridized carbons (Fsp3) is 0.0154. The van der Waals surface area contributed by atoms with Gasteiger partial charge in [-0.3, -0.25) is 0 Å². The first kappa shape index (κ1) is 37.6. The summed E-state index contributed by atoms with van der Waals surface area (Å²) in [5.41, 5.74) is 22.1. The van der Waals surface area contributed by atoms with Gasteiger partial charge >= 0.3 is 0 Å². The summed E-state index contributed by atoms with van der Waals surface area (Å²) in [6.07, 6.45) is 0. The van der Waals surface area contributed by atoms with Crippen LogP contribution in [0, 0.1) is 0 Å². The number of hydrogen-bond acceptors (Lipinski definition) is 2. The summed E-state index contributed by atoms with van der Waals surface area (Å²) < 4.78 is 6.56. The largest absolute Gasteiger partial charge is 0.455 e. The summed E-state index contributed by atoms with van der Waals surface area (Å²) in [6.45, 7) is 0. The minimum atomic E-state index is -0.444. The maximum absolute atomic E-state index is 6.56. The summed E-state index contributed by atoms with van der Waals surface area (Å²) in [7, 11) is 0. The number of fused-ring (bicyclic) bond motifs is 14. The van der Waals surface area contributed by atoms with Crippen molar-refractivity contribution < 1.29 is 4.42 Å². The van der Waals surface area contributed by atoms with Crippen LogP contribution in [0.3, 0.4) is 0 Å². The van der Waals surface area contributed by atoms with E-state index in [0.717, 1.165) is 61.3 Å². The van der Waals surface area contributed by atoms with Crippen molar-refractivity contribution in [3.8, 4) is 55.6 Å². The number of furan rings is 1. The van der Waals surface area contributed by atoms with E-state index in [1.54, 1.807) is 0 Å². The molecule has 14 rings (SSSR count). The molecular weight excluding hydrogens is 811 g/mol. The van der Waals surface area contributed by atoms with Crippen LogP contribution in [-0.4, -0.2) is 0 Å². The van der Waals surface area contributed by atoms with Crippen LogP contribution in [0.2, 0.25) is 0 Å². The van der Waals surface area contributed by atoms with Gasteiger partial charge in [0.25, 0.3) is 0 Å². The van der Waals surface area contributed by atoms with Gasteiger partial charge < -0.3 is 9.32 Å². The average Bonchev–Trinajstić information content (AvgIpc) is 4.04. The Hall–Kier alpha value is -8.72. The molecule has 11 aromatic carbocycles. The molecule has 0 fully saturated rings. The van der Waals surface area contributed by atoms with E-state index >= 15 is 0 Å². The second-order valence-electron chi connectivity index (χ2n) is 17.9. The van der Waals surface area contributed by atoms with Crippen molar-refractivity contribution in [3.05, 3.63) is 271 Å². The molecule has 0 saturated heterocycles. The number of benzene rings is 11. The van der Waals surface area contributed by atoms with Gasteiger partial charge in [0.05, 0.1) is 11.1 Å². The zero-order chi connectivity index (χ0) is 44.1. The van der Waals surface area contributed by atoms with Crippen molar-refractivity contribution in [3.63, 3.8) is 0 Å². The zero-order valence-electron chi connectivity index (χ0n) is 36.5. The standard InChI is InChI=1S/C65H41NO/c1-2-15-44(16-3-1)51-24-13-25-54-56-41-46(35-40-62(56)67-64(51)54)42-31-36-47(37-32-42)66(48-38-33-45(34-39-48)50-23-12-18-43-17-4-5-19-49(43)50)61-30-14-29-60-63(61)55-22-8-11-28-59(55)65(60)57-26-9-6-20-52(57)53-21-7-10-27-58(53)65/h1-41H. The summed E-state index contributed by atoms with van der Waals surface area (Å²) in [5.74, 6) is 0. The van der Waals surface area contributed by atoms with Crippen molar-refractivity contribution >= 4 is 49.8 Å². The van der Waals surface area contributed by atoms with E-state index in [1.165, 1.54) is 66.4 Å². The van der Waals surface area contributed by atoms with Gasteiger partial charge in [-0.25, -0.2) is 0 Å². The van der Waals surface area contributed by atoms with Crippen LogP contribution in [0.1, 0.15) is 22.3 Å². The molecule has 12 aromatic rings. The molecule has 0 radical (unpaired) electrons. The Morgan fingerprint density at radius 1 is 0.313 bits per heavy atom. The molecule has 0 N–H and O–H groups in total. The summed E-state index contributed by atoms with van der Waals surface area (Å²) in [4.78, 5) is 2.47. The molecular formula is C65H41NO. The van der Waals surface area contributed by atoms with Gasteiger partial charge in [0.1, 0.15) is 11.2 Å². The van der Waals surface area contributed by atoms with Gasteiger partial charge in [0.2, 0.25) is 0 Å². The fourth-order valence-corrected chi connectivity index (χ4v) is 11.6. The van der Waals surface area contributed by atoms with Crippen molar-refractivity contribution in [2.45, 2.75) is 5.41 Å². The molecule has 0 saturated carbocycles. The minimum Gasteiger partial charge on any atom is -0.455 e. The molecule has 2 aliphatic carbocycles. The number of anilines is 3. The first-order valence-corrected chi connectivity index (χ1v) is 23.2. The molecule has 0 atom stereocenters. The lowest BCUT2D eigenvalue weighted by Crippen LogP contribution is -2.26. The van der Waals surface area contributed by atoms with E-state index in [1.807, 2.05) is 0 Å². The maximum Gasteiger partial charge on any atom is 0.143 e. The zero-order valence-corrected chi connectivity index (χ0v) is 36.5. The third kappa shape index (κ3) is 5.51. The van der Waals surface area contributed by atoms with Crippen LogP contribution < -0.4 is 4.90 Å².